The summed E-state index contributed by atoms with van der Waals surface area (Å²) in [5, 5.41) is 0. The monoisotopic (exact) mass is 294 g/mol. The Balaban J connectivity index is 1.50. The van der Waals surface area contributed by atoms with Crippen molar-refractivity contribution in [1.29, 1.82) is 0 Å². The Morgan fingerprint density at radius 1 is 1.14 bits per heavy atom. The van der Waals surface area contributed by atoms with Crippen LogP contribution in [0.25, 0.3) is 0 Å². The molecule has 2 saturated heterocycles. The summed E-state index contributed by atoms with van der Waals surface area (Å²) in [7, 11) is 0. The Morgan fingerprint density at radius 2 is 1.95 bits per heavy atom. The van der Waals surface area contributed by atoms with E-state index in [1.165, 1.54) is 12.8 Å². The van der Waals surface area contributed by atoms with Crippen molar-refractivity contribution >= 4 is 11.8 Å². The van der Waals surface area contributed by atoms with E-state index in [4.69, 9.17) is 4.74 Å². The number of piperazine rings is 1. The highest BCUT2D eigenvalue weighted by Crippen LogP contribution is 2.29. The van der Waals surface area contributed by atoms with Gasteiger partial charge in [0.05, 0.1) is 0 Å². The molecule has 0 N–H and O–H groups in total. The molecule has 3 aliphatic rings. The van der Waals surface area contributed by atoms with Crippen LogP contribution < -0.4 is 0 Å². The summed E-state index contributed by atoms with van der Waals surface area (Å²) in [5.74, 6) is 1.04. The smallest absolute Gasteiger partial charge is 0.246 e. The minimum Gasteiger partial charge on any atom is -0.381 e. The molecule has 2 amide bonds. The molecule has 0 aromatic heterocycles. The maximum atomic E-state index is 12.6. The Hall–Kier alpha value is -1.10. The molecule has 1 aliphatic carbocycles. The molecular formula is C16H26N2O3. The van der Waals surface area contributed by atoms with Crippen LogP contribution in [0.4, 0.5) is 0 Å². The first-order valence-electron chi connectivity index (χ1n) is 8.37. The van der Waals surface area contributed by atoms with Gasteiger partial charge in [0.15, 0.2) is 0 Å². The summed E-state index contributed by atoms with van der Waals surface area (Å²) in [4.78, 5) is 28.6. The average molecular weight is 294 g/mol. The number of nitrogens with zero attached hydrogens (tertiary/aromatic N) is 2. The van der Waals surface area contributed by atoms with Gasteiger partial charge in [-0.1, -0.05) is 0 Å². The van der Waals surface area contributed by atoms with Gasteiger partial charge in [0.1, 0.15) is 12.1 Å². The lowest BCUT2D eigenvalue weighted by Crippen LogP contribution is -2.65. The molecule has 0 spiro atoms. The Bertz CT molecular complexity index is 408. The number of hydrogen-bond donors (Lipinski definition) is 0. The molecule has 3 fully saturated rings. The standard InChI is InChI=1S/C16H26N2O3/c1-12-15(19)18-8-3-2-5-14(18)16(20)17(12)9-4-10-21-11-13-6-7-13/h12-14H,2-11H2,1H3. The summed E-state index contributed by atoms with van der Waals surface area (Å²) in [6.45, 7) is 4.79. The SMILES string of the molecule is CC1C(=O)N2CCCCC2C(=O)N1CCCOCC1CC1. The van der Waals surface area contributed by atoms with Crippen LogP contribution in [0.2, 0.25) is 0 Å². The van der Waals surface area contributed by atoms with Gasteiger partial charge >= 0.3 is 0 Å². The van der Waals surface area contributed by atoms with E-state index in [-0.39, 0.29) is 23.9 Å². The minimum absolute atomic E-state index is 0.123. The number of ether oxygens (including phenoxy) is 1. The second-order valence-electron chi connectivity index (χ2n) is 6.62. The zero-order valence-electron chi connectivity index (χ0n) is 12.9. The van der Waals surface area contributed by atoms with E-state index in [9.17, 15) is 9.59 Å². The normalized spacial score (nSPS) is 29.8. The van der Waals surface area contributed by atoms with Gasteiger partial charge in [-0.3, -0.25) is 9.59 Å². The number of piperidine rings is 1. The Kier molecular flexibility index (Phi) is 4.48. The van der Waals surface area contributed by atoms with Gasteiger partial charge in [0, 0.05) is 26.3 Å². The van der Waals surface area contributed by atoms with Crippen LogP contribution in [0.1, 0.15) is 45.4 Å². The van der Waals surface area contributed by atoms with Crippen LogP contribution in [0, 0.1) is 5.92 Å². The van der Waals surface area contributed by atoms with Crippen LogP contribution in [-0.2, 0) is 14.3 Å². The summed E-state index contributed by atoms with van der Waals surface area (Å²) < 4.78 is 5.62. The van der Waals surface area contributed by atoms with Crippen LogP contribution >= 0.6 is 0 Å². The zero-order chi connectivity index (χ0) is 14.8. The van der Waals surface area contributed by atoms with E-state index < -0.39 is 0 Å². The molecule has 2 aliphatic heterocycles. The molecule has 2 atom stereocenters. The van der Waals surface area contributed by atoms with Crippen LogP contribution in [0.15, 0.2) is 0 Å². The van der Waals surface area contributed by atoms with Gasteiger partial charge < -0.3 is 14.5 Å². The second kappa shape index (κ2) is 6.34. The molecule has 0 bridgehead atoms. The molecule has 0 aromatic rings. The summed E-state index contributed by atoms with van der Waals surface area (Å²) >= 11 is 0. The van der Waals surface area contributed by atoms with Gasteiger partial charge in [-0.15, -0.1) is 0 Å². The second-order valence-corrected chi connectivity index (χ2v) is 6.62. The fourth-order valence-corrected chi connectivity index (χ4v) is 3.38. The topological polar surface area (TPSA) is 49.9 Å². The molecule has 5 nitrogen and oxygen atoms in total. The van der Waals surface area contributed by atoms with Gasteiger partial charge in [-0.25, -0.2) is 0 Å². The molecule has 0 aromatic carbocycles. The first-order chi connectivity index (χ1) is 10.2. The fourth-order valence-electron chi connectivity index (χ4n) is 3.38. The lowest BCUT2D eigenvalue weighted by atomic mass is 9.95. The third kappa shape index (κ3) is 3.23. The summed E-state index contributed by atoms with van der Waals surface area (Å²) in [6, 6.07) is -0.509. The lowest BCUT2D eigenvalue weighted by molar-refractivity contribution is -0.163. The van der Waals surface area contributed by atoms with Crippen molar-refractivity contribution in [2.45, 2.75) is 57.5 Å². The van der Waals surface area contributed by atoms with E-state index in [1.54, 1.807) is 9.80 Å². The molecule has 1 saturated carbocycles. The van der Waals surface area contributed by atoms with Crippen molar-refractivity contribution in [2.24, 2.45) is 5.92 Å². The highest BCUT2D eigenvalue weighted by Gasteiger charge is 2.44. The van der Waals surface area contributed by atoms with Crippen molar-refractivity contribution in [3.63, 3.8) is 0 Å². The van der Waals surface area contributed by atoms with Crippen LogP contribution in [0.3, 0.4) is 0 Å². The van der Waals surface area contributed by atoms with Crippen molar-refractivity contribution < 1.29 is 14.3 Å². The highest BCUT2D eigenvalue weighted by molar-refractivity contribution is 5.96. The van der Waals surface area contributed by atoms with Gasteiger partial charge in [-0.05, 0) is 51.4 Å². The van der Waals surface area contributed by atoms with Crippen molar-refractivity contribution in [3.8, 4) is 0 Å². The molecule has 21 heavy (non-hydrogen) atoms. The third-order valence-corrected chi connectivity index (χ3v) is 4.92. The Labute approximate surface area is 126 Å². The molecule has 5 heteroatoms. The van der Waals surface area contributed by atoms with Gasteiger partial charge in [-0.2, -0.15) is 0 Å². The number of carbonyl (C=O) groups is 2. The molecule has 3 rings (SSSR count). The first-order valence-corrected chi connectivity index (χ1v) is 8.37. The Morgan fingerprint density at radius 3 is 2.71 bits per heavy atom. The number of fused-ring (bicyclic) bond motifs is 1. The number of amides is 2. The van der Waals surface area contributed by atoms with E-state index >= 15 is 0 Å². The molecular weight excluding hydrogens is 268 g/mol. The summed E-state index contributed by atoms with van der Waals surface area (Å²) in [6.07, 6.45) is 6.32. The number of hydrogen-bond acceptors (Lipinski definition) is 3. The fraction of sp³-hybridized carbons (Fsp3) is 0.875. The van der Waals surface area contributed by atoms with E-state index in [2.05, 4.69) is 0 Å². The zero-order valence-corrected chi connectivity index (χ0v) is 12.9. The highest BCUT2D eigenvalue weighted by atomic mass is 16.5. The van der Waals surface area contributed by atoms with Crippen LogP contribution in [0.5, 0.6) is 0 Å². The van der Waals surface area contributed by atoms with Crippen molar-refractivity contribution in [3.05, 3.63) is 0 Å². The van der Waals surface area contributed by atoms with E-state index in [1.807, 2.05) is 6.92 Å². The van der Waals surface area contributed by atoms with Crippen molar-refractivity contribution in [2.75, 3.05) is 26.3 Å². The lowest BCUT2D eigenvalue weighted by Gasteiger charge is -2.46. The predicted octanol–water partition coefficient (Wildman–Crippen LogP) is 1.41. The van der Waals surface area contributed by atoms with Crippen molar-refractivity contribution in [1.82, 2.24) is 9.80 Å². The maximum Gasteiger partial charge on any atom is 0.246 e. The number of carbonyl (C=O) groups excluding carboxylic acids is 2. The van der Waals surface area contributed by atoms with Gasteiger partial charge in [0.25, 0.3) is 0 Å². The number of rotatable bonds is 6. The third-order valence-electron chi connectivity index (χ3n) is 4.92. The van der Waals surface area contributed by atoms with E-state index in [0.29, 0.717) is 13.2 Å². The average Bonchev–Trinajstić information content (AvgIpc) is 3.32. The summed E-state index contributed by atoms with van der Waals surface area (Å²) in [5.41, 5.74) is 0. The van der Waals surface area contributed by atoms with Crippen LogP contribution in [-0.4, -0.2) is 60.0 Å². The molecule has 2 heterocycles. The molecule has 0 radical (unpaired) electrons. The predicted molar refractivity (Wildman–Crippen MR) is 78.7 cm³/mol. The largest absolute Gasteiger partial charge is 0.381 e. The quantitative estimate of drug-likeness (QED) is 0.696. The molecule has 2 unspecified atom stereocenters. The van der Waals surface area contributed by atoms with E-state index in [0.717, 1.165) is 44.8 Å². The maximum absolute atomic E-state index is 12.6. The minimum atomic E-state index is -0.310. The van der Waals surface area contributed by atoms with Gasteiger partial charge in [0.2, 0.25) is 11.8 Å². The molecule has 118 valence electrons. The first kappa shape index (κ1) is 14.8.